The minimum absolute atomic E-state index is 0.152. The third-order valence-electron chi connectivity index (χ3n) is 21.7. The number of rotatable bonds is 18. The van der Waals surface area contributed by atoms with Gasteiger partial charge in [-0.2, -0.15) is 0 Å². The summed E-state index contributed by atoms with van der Waals surface area (Å²) in [4.78, 5) is 0. The first kappa shape index (κ1) is 54.6. The van der Waals surface area contributed by atoms with E-state index in [1.807, 2.05) is 0 Å². The van der Waals surface area contributed by atoms with E-state index in [1.54, 1.807) is 11.1 Å². The van der Waals surface area contributed by atoms with Crippen LogP contribution in [0, 0.1) is 0 Å². The van der Waals surface area contributed by atoms with Gasteiger partial charge in [0.2, 0.25) is 0 Å². The third-order valence-corrected chi connectivity index (χ3v) is 21.7. The second-order valence-corrected chi connectivity index (χ2v) is 27.2. The first-order chi connectivity index (χ1) is 42.1. The molecule has 0 fully saturated rings. The molecule has 0 aliphatic heterocycles. The van der Waals surface area contributed by atoms with Crippen LogP contribution in [0.3, 0.4) is 0 Å². The molecular formula is C86H82. The summed E-state index contributed by atoms with van der Waals surface area (Å²) in [5.41, 5.74) is 29.7. The summed E-state index contributed by atoms with van der Waals surface area (Å²) < 4.78 is 0. The van der Waals surface area contributed by atoms with Crippen molar-refractivity contribution in [3.8, 4) is 66.8 Å². The van der Waals surface area contributed by atoms with Gasteiger partial charge in [0.05, 0.1) is 5.41 Å². The Morgan fingerprint density at radius 1 is 0.256 bits per heavy atom. The van der Waals surface area contributed by atoms with Crippen LogP contribution in [0.1, 0.15) is 187 Å². The molecule has 15 rings (SSSR count). The lowest BCUT2D eigenvalue weighted by Gasteiger charge is -2.35. The molecule has 0 bridgehead atoms. The Bertz CT molecular complexity index is 4340. The smallest absolute Gasteiger partial charge is 0.0654 e. The van der Waals surface area contributed by atoms with E-state index >= 15 is 0 Å². The fourth-order valence-corrected chi connectivity index (χ4v) is 17.4. The van der Waals surface area contributed by atoms with Gasteiger partial charge in [0, 0.05) is 16.2 Å². The first-order valence-corrected chi connectivity index (χ1v) is 33.0. The highest BCUT2D eigenvalue weighted by Gasteiger charge is 2.53. The molecule has 4 aliphatic rings. The standard InChI is InChI=1S/C86H82/c1-7-9-11-13-15-33-47-85(48-34-16-14-12-10-8-2)75-53-70-69-52-74-72(82-64-46-32-30-44-62(64)66(50-80(82)84(74,5)6)58-37-23-18-24-38-58)56-78(69)86(59-39-25-19-26-40-59,60-41-27-20-28-42-60)77(70)54-68(75)67-51-73-71(55-76(67)85)81-63-45-31-29-43-61(63)65(49-79(81)83(73,3)4)57-35-21-17-22-36-57/h17-32,35-46,49-56H,7-16,33-34,47-48H2,1-6H3. The lowest BCUT2D eigenvalue weighted by atomic mass is 9.66. The first-order valence-electron chi connectivity index (χ1n) is 33.0. The molecule has 426 valence electrons. The zero-order valence-electron chi connectivity index (χ0n) is 51.7. The fraction of sp³-hybridized carbons (Fsp3) is 0.279. The molecule has 0 aromatic heterocycles. The topological polar surface area (TPSA) is 0 Å². The molecule has 4 aliphatic carbocycles. The summed E-state index contributed by atoms with van der Waals surface area (Å²) in [6.07, 6.45) is 17.8. The van der Waals surface area contributed by atoms with Gasteiger partial charge in [-0.1, -0.05) is 288 Å². The highest BCUT2D eigenvalue weighted by Crippen LogP contribution is 2.66. The van der Waals surface area contributed by atoms with Gasteiger partial charge in [0.1, 0.15) is 0 Å². The van der Waals surface area contributed by atoms with Crippen molar-refractivity contribution in [2.24, 2.45) is 0 Å². The average Bonchev–Trinajstić information content (AvgIpc) is 1.52. The summed E-state index contributed by atoms with van der Waals surface area (Å²) in [5.74, 6) is 0. The SMILES string of the molecule is CCCCCCCCC1(CCCCCCCC)c2cc3c(cc2-c2cc4c(cc21)-c1cc2c(cc1C4(c1ccccc1)c1ccccc1)-c1c(cc(-c4ccccc4)c4ccccc14)C2(C)C)C(C)(C)c1cc(-c2ccccc2)c2ccccc2c1-3. The zero-order valence-corrected chi connectivity index (χ0v) is 51.7. The molecule has 0 saturated carbocycles. The van der Waals surface area contributed by atoms with Crippen molar-refractivity contribution in [1.29, 1.82) is 0 Å². The number of hydrogen-bond acceptors (Lipinski definition) is 0. The summed E-state index contributed by atoms with van der Waals surface area (Å²) in [6, 6.07) is 85.7. The van der Waals surface area contributed by atoms with E-state index in [0.29, 0.717) is 0 Å². The second-order valence-electron chi connectivity index (χ2n) is 27.2. The minimum atomic E-state index is -0.590. The maximum absolute atomic E-state index is 2.82. The molecule has 0 unspecified atom stereocenters. The van der Waals surface area contributed by atoms with Crippen LogP contribution in [0.15, 0.2) is 218 Å². The molecule has 0 heterocycles. The molecule has 0 nitrogen and oxygen atoms in total. The third kappa shape index (κ3) is 8.21. The summed E-state index contributed by atoms with van der Waals surface area (Å²) in [7, 11) is 0. The van der Waals surface area contributed by atoms with Crippen molar-refractivity contribution in [2.45, 2.75) is 153 Å². The molecule has 0 N–H and O–H groups in total. The van der Waals surface area contributed by atoms with Crippen LogP contribution in [0.25, 0.3) is 88.3 Å². The Morgan fingerprint density at radius 2 is 0.558 bits per heavy atom. The Kier molecular flexibility index (Phi) is 13.6. The predicted molar refractivity (Wildman–Crippen MR) is 367 cm³/mol. The monoisotopic (exact) mass is 1110 g/mol. The maximum atomic E-state index is 2.82. The van der Waals surface area contributed by atoms with Crippen LogP contribution >= 0.6 is 0 Å². The van der Waals surface area contributed by atoms with Crippen molar-refractivity contribution in [2.75, 3.05) is 0 Å². The molecule has 0 spiro atoms. The van der Waals surface area contributed by atoms with E-state index in [0.717, 1.165) is 12.8 Å². The van der Waals surface area contributed by atoms with Gasteiger partial charge >= 0.3 is 0 Å². The summed E-state index contributed by atoms with van der Waals surface area (Å²) in [6.45, 7) is 14.7. The number of fused-ring (bicyclic) bond motifs is 16. The highest BCUT2D eigenvalue weighted by molar-refractivity contribution is 6.12. The molecule has 0 saturated heterocycles. The van der Waals surface area contributed by atoms with Crippen molar-refractivity contribution < 1.29 is 0 Å². The number of benzene rings is 11. The van der Waals surface area contributed by atoms with Crippen LogP contribution in [0.2, 0.25) is 0 Å². The second kappa shape index (κ2) is 21.4. The molecule has 0 atom stereocenters. The van der Waals surface area contributed by atoms with Gasteiger partial charge < -0.3 is 0 Å². The average molecular weight is 1120 g/mol. The molecule has 0 amide bonds. The van der Waals surface area contributed by atoms with E-state index in [2.05, 4.69) is 260 Å². The largest absolute Gasteiger partial charge is 0.0714 e. The van der Waals surface area contributed by atoms with E-state index in [4.69, 9.17) is 0 Å². The van der Waals surface area contributed by atoms with Gasteiger partial charge in [0.25, 0.3) is 0 Å². The van der Waals surface area contributed by atoms with Gasteiger partial charge in [-0.15, -0.1) is 0 Å². The lowest BCUT2D eigenvalue weighted by Crippen LogP contribution is -2.29. The Hall–Kier alpha value is -8.06. The number of hydrogen-bond donors (Lipinski definition) is 0. The van der Waals surface area contributed by atoms with E-state index < -0.39 is 5.41 Å². The van der Waals surface area contributed by atoms with Crippen molar-refractivity contribution >= 4 is 21.5 Å². The Labute approximate surface area is 512 Å². The Morgan fingerprint density at radius 3 is 0.977 bits per heavy atom. The van der Waals surface area contributed by atoms with Gasteiger partial charge in [-0.25, -0.2) is 0 Å². The van der Waals surface area contributed by atoms with Gasteiger partial charge in [-0.05, 0) is 205 Å². The van der Waals surface area contributed by atoms with Gasteiger partial charge in [0.15, 0.2) is 0 Å². The quantitative estimate of drug-likeness (QED) is 0.0751. The number of unbranched alkanes of at least 4 members (excludes halogenated alkanes) is 10. The Balaban J connectivity index is 1.01. The van der Waals surface area contributed by atoms with Crippen molar-refractivity contribution in [3.63, 3.8) is 0 Å². The van der Waals surface area contributed by atoms with Crippen molar-refractivity contribution in [3.05, 3.63) is 274 Å². The van der Waals surface area contributed by atoms with Gasteiger partial charge in [-0.3, -0.25) is 0 Å². The van der Waals surface area contributed by atoms with Crippen LogP contribution in [-0.2, 0) is 21.7 Å². The van der Waals surface area contributed by atoms with Crippen LogP contribution < -0.4 is 0 Å². The van der Waals surface area contributed by atoms with Crippen LogP contribution in [0.4, 0.5) is 0 Å². The summed E-state index contributed by atoms with van der Waals surface area (Å²) >= 11 is 0. The highest BCUT2D eigenvalue weighted by atomic mass is 14.5. The molecular weight excluding hydrogens is 1030 g/mol. The van der Waals surface area contributed by atoms with Crippen LogP contribution in [-0.4, -0.2) is 0 Å². The fourth-order valence-electron chi connectivity index (χ4n) is 17.4. The molecule has 11 aromatic carbocycles. The molecule has 0 radical (unpaired) electrons. The summed E-state index contributed by atoms with van der Waals surface area (Å²) in [5, 5.41) is 5.36. The van der Waals surface area contributed by atoms with Crippen molar-refractivity contribution in [1.82, 2.24) is 0 Å². The zero-order chi connectivity index (χ0) is 58.4. The molecule has 0 heteroatoms. The van der Waals surface area contributed by atoms with E-state index in [1.165, 1.54) is 210 Å². The molecule has 86 heavy (non-hydrogen) atoms. The minimum Gasteiger partial charge on any atom is -0.0654 e. The van der Waals surface area contributed by atoms with E-state index in [-0.39, 0.29) is 16.2 Å². The molecule has 11 aromatic rings. The normalized spacial score (nSPS) is 15.4. The lowest BCUT2D eigenvalue weighted by molar-refractivity contribution is 0.398. The predicted octanol–water partition coefficient (Wildman–Crippen LogP) is 24.1. The maximum Gasteiger partial charge on any atom is 0.0714 e. The van der Waals surface area contributed by atoms with E-state index in [9.17, 15) is 0 Å². The van der Waals surface area contributed by atoms with Crippen LogP contribution in [0.5, 0.6) is 0 Å².